The summed E-state index contributed by atoms with van der Waals surface area (Å²) >= 11 is 7.79. The highest BCUT2D eigenvalue weighted by Gasteiger charge is 2.08. The molecule has 0 saturated heterocycles. The van der Waals surface area contributed by atoms with Crippen molar-refractivity contribution in [2.24, 2.45) is 0 Å². The molecule has 0 aliphatic rings. The first kappa shape index (κ1) is 17.6. The normalized spacial score (nSPS) is 14.1. The lowest BCUT2D eigenvalue weighted by Crippen LogP contribution is -2.36. The zero-order chi connectivity index (χ0) is 15.0. The van der Waals surface area contributed by atoms with Crippen LogP contribution >= 0.6 is 23.4 Å². The summed E-state index contributed by atoms with van der Waals surface area (Å²) in [5, 5.41) is 13.9. The van der Waals surface area contributed by atoms with Gasteiger partial charge in [-0.3, -0.25) is 0 Å². The SMILES string of the molecule is CSCC[C@H](C)NC[C@@H](O)COc1ccc(Cl)c(C)c1. The average molecular weight is 318 g/mol. The van der Waals surface area contributed by atoms with Gasteiger partial charge in [-0.05, 0) is 56.0 Å². The predicted molar refractivity (Wildman–Crippen MR) is 88.2 cm³/mol. The Morgan fingerprint density at radius 1 is 1.45 bits per heavy atom. The molecule has 0 aliphatic carbocycles. The van der Waals surface area contributed by atoms with Crippen LogP contribution in [0, 0.1) is 6.92 Å². The lowest BCUT2D eigenvalue weighted by atomic mass is 10.2. The van der Waals surface area contributed by atoms with E-state index in [2.05, 4.69) is 18.5 Å². The molecule has 1 aromatic rings. The Morgan fingerprint density at radius 2 is 2.20 bits per heavy atom. The quantitative estimate of drug-likeness (QED) is 0.734. The van der Waals surface area contributed by atoms with Gasteiger partial charge in [-0.2, -0.15) is 11.8 Å². The Labute approximate surface area is 131 Å². The van der Waals surface area contributed by atoms with Crippen LogP contribution in [0.2, 0.25) is 5.02 Å². The molecule has 3 nitrogen and oxygen atoms in total. The summed E-state index contributed by atoms with van der Waals surface area (Å²) < 4.78 is 5.56. The zero-order valence-corrected chi connectivity index (χ0v) is 13.9. The summed E-state index contributed by atoms with van der Waals surface area (Å²) in [6, 6.07) is 5.91. The molecule has 0 aromatic heterocycles. The molecule has 0 unspecified atom stereocenters. The number of halogens is 1. The molecule has 0 bridgehead atoms. The van der Waals surface area contributed by atoms with Gasteiger partial charge in [0.2, 0.25) is 0 Å². The molecule has 0 spiro atoms. The minimum atomic E-state index is -0.511. The van der Waals surface area contributed by atoms with E-state index in [0.717, 1.165) is 28.5 Å². The van der Waals surface area contributed by atoms with Crippen molar-refractivity contribution in [3.8, 4) is 5.75 Å². The van der Waals surface area contributed by atoms with Crippen molar-refractivity contribution in [3.05, 3.63) is 28.8 Å². The van der Waals surface area contributed by atoms with Gasteiger partial charge in [0.1, 0.15) is 18.5 Å². The van der Waals surface area contributed by atoms with E-state index in [0.29, 0.717) is 12.6 Å². The minimum absolute atomic E-state index is 0.281. The van der Waals surface area contributed by atoms with E-state index < -0.39 is 6.10 Å². The maximum Gasteiger partial charge on any atom is 0.119 e. The number of hydrogen-bond donors (Lipinski definition) is 2. The van der Waals surface area contributed by atoms with Crippen molar-refractivity contribution in [3.63, 3.8) is 0 Å². The molecular formula is C15H24ClNO2S. The standard InChI is InChI=1S/C15H24ClNO2S/c1-11-8-14(4-5-15(11)16)19-10-13(18)9-17-12(2)6-7-20-3/h4-5,8,12-13,17-18H,6-7,9-10H2,1-3H3/t12-,13+/m0/s1. The summed E-state index contributed by atoms with van der Waals surface area (Å²) in [5.41, 5.74) is 0.975. The van der Waals surface area contributed by atoms with Gasteiger partial charge in [-0.1, -0.05) is 11.6 Å². The number of benzene rings is 1. The van der Waals surface area contributed by atoms with Crippen LogP contribution in [0.5, 0.6) is 5.75 Å². The average Bonchev–Trinajstić information content (AvgIpc) is 2.44. The maximum atomic E-state index is 9.89. The largest absolute Gasteiger partial charge is 0.491 e. The van der Waals surface area contributed by atoms with Crippen molar-refractivity contribution in [2.45, 2.75) is 32.4 Å². The molecule has 114 valence electrons. The highest BCUT2D eigenvalue weighted by Crippen LogP contribution is 2.21. The number of ether oxygens (including phenoxy) is 1. The van der Waals surface area contributed by atoms with Crippen molar-refractivity contribution >= 4 is 23.4 Å². The van der Waals surface area contributed by atoms with Crippen LogP contribution in [0.3, 0.4) is 0 Å². The van der Waals surface area contributed by atoms with Gasteiger partial charge in [0.15, 0.2) is 0 Å². The van der Waals surface area contributed by atoms with Gasteiger partial charge >= 0.3 is 0 Å². The number of aryl methyl sites for hydroxylation is 1. The fraction of sp³-hybridized carbons (Fsp3) is 0.600. The first-order valence-corrected chi connectivity index (χ1v) is 8.59. The fourth-order valence-electron chi connectivity index (χ4n) is 1.69. The molecule has 0 saturated carbocycles. The van der Waals surface area contributed by atoms with Gasteiger partial charge in [-0.15, -0.1) is 0 Å². The second-order valence-electron chi connectivity index (χ2n) is 4.97. The van der Waals surface area contributed by atoms with Crippen LogP contribution in [0.4, 0.5) is 0 Å². The lowest BCUT2D eigenvalue weighted by Gasteiger charge is -2.17. The molecule has 2 atom stereocenters. The molecule has 20 heavy (non-hydrogen) atoms. The fourth-order valence-corrected chi connectivity index (χ4v) is 2.40. The Hall–Kier alpha value is -0.420. The number of nitrogens with one attached hydrogen (secondary N) is 1. The summed E-state index contributed by atoms with van der Waals surface area (Å²) in [6.45, 7) is 4.89. The van der Waals surface area contributed by atoms with Gasteiger partial charge in [0, 0.05) is 17.6 Å². The molecular weight excluding hydrogens is 294 g/mol. The van der Waals surface area contributed by atoms with Crippen LogP contribution in [-0.4, -0.2) is 42.4 Å². The van der Waals surface area contributed by atoms with Gasteiger partial charge in [0.25, 0.3) is 0 Å². The Morgan fingerprint density at radius 3 is 2.85 bits per heavy atom. The van der Waals surface area contributed by atoms with E-state index in [1.807, 2.05) is 30.8 Å². The smallest absolute Gasteiger partial charge is 0.119 e. The summed E-state index contributed by atoms with van der Waals surface area (Å²) in [7, 11) is 0. The second kappa shape index (κ2) is 9.50. The molecule has 0 fully saturated rings. The van der Waals surface area contributed by atoms with Crippen LogP contribution in [0.15, 0.2) is 18.2 Å². The first-order valence-electron chi connectivity index (χ1n) is 6.82. The van der Waals surface area contributed by atoms with Crippen molar-refractivity contribution in [1.82, 2.24) is 5.32 Å². The van der Waals surface area contributed by atoms with Crippen LogP contribution < -0.4 is 10.1 Å². The van der Waals surface area contributed by atoms with Gasteiger partial charge in [-0.25, -0.2) is 0 Å². The maximum absolute atomic E-state index is 9.89. The molecule has 0 amide bonds. The molecule has 1 rings (SSSR count). The number of aliphatic hydroxyl groups is 1. The van der Waals surface area contributed by atoms with Crippen molar-refractivity contribution in [2.75, 3.05) is 25.2 Å². The van der Waals surface area contributed by atoms with Crippen LogP contribution in [0.1, 0.15) is 18.9 Å². The van der Waals surface area contributed by atoms with Crippen molar-refractivity contribution in [1.29, 1.82) is 0 Å². The summed E-state index contributed by atoms with van der Waals surface area (Å²) in [5.74, 6) is 1.87. The Bertz CT molecular complexity index is 403. The third kappa shape index (κ3) is 6.84. The third-order valence-corrected chi connectivity index (χ3v) is 4.10. The number of aliphatic hydroxyl groups excluding tert-OH is 1. The second-order valence-corrected chi connectivity index (χ2v) is 6.36. The van der Waals surface area contributed by atoms with E-state index in [-0.39, 0.29) is 6.61 Å². The molecule has 1 aromatic carbocycles. The van der Waals surface area contributed by atoms with Crippen LogP contribution in [0.25, 0.3) is 0 Å². The summed E-state index contributed by atoms with van der Waals surface area (Å²) in [4.78, 5) is 0. The highest BCUT2D eigenvalue weighted by atomic mass is 35.5. The Balaban J connectivity index is 2.25. The van der Waals surface area contributed by atoms with E-state index in [1.54, 1.807) is 6.07 Å². The molecule has 5 heteroatoms. The minimum Gasteiger partial charge on any atom is -0.491 e. The van der Waals surface area contributed by atoms with Gasteiger partial charge in [0.05, 0.1) is 0 Å². The van der Waals surface area contributed by atoms with E-state index in [9.17, 15) is 5.11 Å². The number of hydrogen-bond acceptors (Lipinski definition) is 4. The molecule has 0 heterocycles. The third-order valence-electron chi connectivity index (χ3n) is 3.03. The highest BCUT2D eigenvalue weighted by molar-refractivity contribution is 7.98. The zero-order valence-electron chi connectivity index (χ0n) is 12.4. The number of rotatable bonds is 9. The first-order chi connectivity index (χ1) is 9.52. The van der Waals surface area contributed by atoms with Gasteiger partial charge < -0.3 is 15.2 Å². The molecule has 2 N–H and O–H groups in total. The topological polar surface area (TPSA) is 41.5 Å². The van der Waals surface area contributed by atoms with Crippen LogP contribution in [-0.2, 0) is 0 Å². The monoisotopic (exact) mass is 317 g/mol. The summed E-state index contributed by atoms with van der Waals surface area (Å²) in [6.07, 6.45) is 2.69. The Kier molecular flexibility index (Phi) is 8.38. The number of thioether (sulfide) groups is 1. The molecule has 0 aliphatic heterocycles. The lowest BCUT2D eigenvalue weighted by molar-refractivity contribution is 0.104. The van der Waals surface area contributed by atoms with E-state index in [4.69, 9.17) is 16.3 Å². The predicted octanol–water partition coefficient (Wildman–Crippen LogP) is 3.12. The molecule has 0 radical (unpaired) electrons. The van der Waals surface area contributed by atoms with E-state index >= 15 is 0 Å². The van der Waals surface area contributed by atoms with Crippen molar-refractivity contribution < 1.29 is 9.84 Å². The van der Waals surface area contributed by atoms with E-state index in [1.165, 1.54) is 0 Å².